The second-order valence-electron chi connectivity index (χ2n) is 4.53. The van der Waals surface area contributed by atoms with Crippen LogP contribution in [0.4, 0.5) is 5.69 Å². The Morgan fingerprint density at radius 3 is 2.86 bits per heavy atom. The molecule has 4 rings (SSSR count). The number of para-hydroxylation sites is 1. The molecule has 4 nitrogen and oxygen atoms in total. The molecule has 2 aliphatic rings. The van der Waals surface area contributed by atoms with E-state index in [1.54, 1.807) is 11.0 Å². The van der Waals surface area contributed by atoms with Crippen molar-refractivity contribution in [1.82, 2.24) is 0 Å². The Labute approximate surface area is 129 Å². The molecule has 102 valence electrons. The fraction of sp³-hybridized carbons (Fsp3) is 0. The fourth-order valence-electron chi connectivity index (χ4n) is 2.28. The number of rotatable bonds is 1. The number of hydrogen-bond acceptors (Lipinski definition) is 4. The van der Waals surface area contributed by atoms with Gasteiger partial charge in [0.15, 0.2) is 5.17 Å². The predicted octanol–water partition coefficient (Wildman–Crippen LogP) is 3.62. The lowest BCUT2D eigenvalue weighted by Gasteiger charge is -2.24. The van der Waals surface area contributed by atoms with Crippen LogP contribution in [0.15, 0.2) is 57.2 Å². The summed E-state index contributed by atoms with van der Waals surface area (Å²) < 4.78 is 0. The van der Waals surface area contributed by atoms with Crippen molar-refractivity contribution < 1.29 is 4.79 Å². The monoisotopic (exact) mass is 311 g/mol. The van der Waals surface area contributed by atoms with E-state index in [0.717, 1.165) is 15.5 Å². The van der Waals surface area contributed by atoms with Crippen molar-refractivity contribution in [2.24, 2.45) is 4.99 Å². The van der Waals surface area contributed by atoms with Gasteiger partial charge in [0.25, 0.3) is 5.91 Å². The van der Waals surface area contributed by atoms with E-state index < -0.39 is 0 Å². The number of amides is 1. The van der Waals surface area contributed by atoms with Crippen molar-refractivity contribution >= 4 is 51.8 Å². The highest BCUT2D eigenvalue weighted by Gasteiger charge is 2.37. The van der Waals surface area contributed by atoms with E-state index in [9.17, 15) is 4.79 Å². The molecule has 2 aromatic rings. The highest BCUT2D eigenvalue weighted by Crippen LogP contribution is 2.42. The summed E-state index contributed by atoms with van der Waals surface area (Å²) in [7, 11) is 0. The van der Waals surface area contributed by atoms with Gasteiger partial charge in [-0.2, -0.15) is 4.99 Å². The van der Waals surface area contributed by atoms with Crippen molar-refractivity contribution in [3.8, 4) is 0 Å². The Hall–Kier alpha value is -2.18. The molecule has 0 aliphatic carbocycles. The Balaban J connectivity index is 1.83. The first-order chi connectivity index (χ1) is 10.2. The van der Waals surface area contributed by atoms with Gasteiger partial charge >= 0.3 is 0 Å². The standard InChI is InChI=1S/C15H9N3OS2/c16-13-10(8-9-4-3-7-20-9)14(19)17-15-18(13)11-5-1-2-6-12(11)21-15/h1-8,16H/b10-8+,16-13?. The number of fused-ring (bicyclic) bond motifs is 3. The maximum Gasteiger partial charge on any atom is 0.283 e. The molecule has 21 heavy (non-hydrogen) atoms. The molecular formula is C15H9N3OS2. The first-order valence-corrected chi connectivity index (χ1v) is 7.98. The molecule has 0 unspecified atom stereocenters. The van der Waals surface area contributed by atoms with E-state index in [1.807, 2.05) is 41.8 Å². The van der Waals surface area contributed by atoms with E-state index in [-0.39, 0.29) is 11.7 Å². The third-order valence-electron chi connectivity index (χ3n) is 3.23. The topological polar surface area (TPSA) is 56.5 Å². The van der Waals surface area contributed by atoms with Crippen LogP contribution in [0.5, 0.6) is 0 Å². The highest BCUT2D eigenvalue weighted by atomic mass is 32.2. The number of aliphatic imine (C=N–C) groups is 1. The molecule has 1 aromatic carbocycles. The quantitative estimate of drug-likeness (QED) is 0.818. The van der Waals surface area contributed by atoms with Crippen LogP contribution in [0.25, 0.3) is 6.08 Å². The van der Waals surface area contributed by atoms with Crippen LogP contribution in [0.2, 0.25) is 0 Å². The summed E-state index contributed by atoms with van der Waals surface area (Å²) in [5.74, 6) is -0.157. The van der Waals surface area contributed by atoms with Gasteiger partial charge in [-0.05, 0) is 41.4 Å². The molecule has 3 heterocycles. The zero-order valence-corrected chi connectivity index (χ0v) is 12.4. The maximum atomic E-state index is 12.2. The zero-order valence-electron chi connectivity index (χ0n) is 10.7. The van der Waals surface area contributed by atoms with Crippen molar-refractivity contribution in [3.63, 3.8) is 0 Å². The number of carbonyl (C=O) groups excluding carboxylic acids is 1. The van der Waals surface area contributed by atoms with E-state index in [1.165, 1.54) is 23.1 Å². The Bertz CT molecular complexity index is 821. The van der Waals surface area contributed by atoms with Crippen molar-refractivity contribution in [1.29, 1.82) is 5.41 Å². The molecule has 0 saturated heterocycles. The van der Waals surface area contributed by atoms with Crippen molar-refractivity contribution in [2.45, 2.75) is 4.90 Å². The SMILES string of the molecule is N=C1/C(=C\c2cccs2)C(=O)N=C2Sc3ccccc3N12. The minimum atomic E-state index is -0.347. The van der Waals surface area contributed by atoms with Gasteiger partial charge in [-0.15, -0.1) is 11.3 Å². The molecule has 0 radical (unpaired) electrons. The number of nitrogens with zero attached hydrogens (tertiary/aromatic N) is 2. The van der Waals surface area contributed by atoms with E-state index >= 15 is 0 Å². The molecule has 0 bridgehead atoms. The molecule has 2 aliphatic heterocycles. The molecule has 1 aromatic heterocycles. The van der Waals surface area contributed by atoms with Gasteiger partial charge in [0.05, 0.1) is 11.3 Å². The van der Waals surface area contributed by atoms with Gasteiger partial charge in [0, 0.05) is 9.77 Å². The summed E-state index contributed by atoms with van der Waals surface area (Å²) in [6, 6.07) is 11.6. The van der Waals surface area contributed by atoms with Crippen molar-refractivity contribution in [2.75, 3.05) is 4.90 Å². The number of anilines is 1. The lowest BCUT2D eigenvalue weighted by atomic mass is 10.1. The molecule has 1 N–H and O–H groups in total. The van der Waals surface area contributed by atoms with Gasteiger partial charge in [0.2, 0.25) is 0 Å². The normalized spacial score (nSPS) is 18.8. The van der Waals surface area contributed by atoms with Crippen LogP contribution >= 0.6 is 23.1 Å². The number of nitrogens with one attached hydrogen (secondary N) is 1. The summed E-state index contributed by atoms with van der Waals surface area (Å²) in [5.41, 5.74) is 1.24. The first-order valence-electron chi connectivity index (χ1n) is 6.28. The zero-order chi connectivity index (χ0) is 14.4. The summed E-state index contributed by atoms with van der Waals surface area (Å²) in [4.78, 5) is 20.0. The maximum absolute atomic E-state index is 12.2. The van der Waals surface area contributed by atoms with Gasteiger partial charge in [-0.1, -0.05) is 18.2 Å². The van der Waals surface area contributed by atoms with E-state index in [0.29, 0.717) is 10.7 Å². The summed E-state index contributed by atoms with van der Waals surface area (Å²) >= 11 is 2.96. The van der Waals surface area contributed by atoms with Crippen molar-refractivity contribution in [3.05, 3.63) is 52.2 Å². The molecule has 1 amide bonds. The lowest BCUT2D eigenvalue weighted by molar-refractivity contribution is -0.113. The average molecular weight is 311 g/mol. The molecule has 0 atom stereocenters. The number of amidine groups is 2. The third kappa shape index (κ3) is 1.95. The summed E-state index contributed by atoms with van der Waals surface area (Å²) in [6.45, 7) is 0. The summed E-state index contributed by atoms with van der Waals surface area (Å²) in [5, 5.41) is 10.9. The number of carbonyl (C=O) groups is 1. The molecule has 0 fully saturated rings. The number of hydrogen-bond donors (Lipinski definition) is 1. The van der Waals surface area contributed by atoms with Crippen LogP contribution < -0.4 is 4.90 Å². The minimum Gasteiger partial charge on any atom is -0.283 e. The number of thioether (sulfide) groups is 1. The second-order valence-corrected chi connectivity index (χ2v) is 6.52. The molecule has 0 saturated carbocycles. The predicted molar refractivity (Wildman–Crippen MR) is 87.2 cm³/mol. The molecular weight excluding hydrogens is 302 g/mol. The minimum absolute atomic E-state index is 0.191. The van der Waals surface area contributed by atoms with Gasteiger partial charge in [-0.3, -0.25) is 15.1 Å². The highest BCUT2D eigenvalue weighted by molar-refractivity contribution is 8.15. The largest absolute Gasteiger partial charge is 0.283 e. The second kappa shape index (κ2) is 4.68. The van der Waals surface area contributed by atoms with Gasteiger partial charge in [-0.25, -0.2) is 0 Å². The Morgan fingerprint density at radius 1 is 1.19 bits per heavy atom. The average Bonchev–Trinajstić information content (AvgIpc) is 3.10. The number of benzene rings is 1. The Morgan fingerprint density at radius 2 is 2.05 bits per heavy atom. The molecule has 0 spiro atoms. The van der Waals surface area contributed by atoms with Crippen LogP contribution in [0, 0.1) is 5.41 Å². The summed E-state index contributed by atoms with van der Waals surface area (Å²) in [6.07, 6.45) is 1.74. The van der Waals surface area contributed by atoms with Gasteiger partial charge < -0.3 is 0 Å². The van der Waals surface area contributed by atoms with Crippen LogP contribution in [-0.4, -0.2) is 16.9 Å². The van der Waals surface area contributed by atoms with Crippen LogP contribution in [0.3, 0.4) is 0 Å². The van der Waals surface area contributed by atoms with Gasteiger partial charge in [0.1, 0.15) is 5.84 Å². The number of thiophene rings is 1. The third-order valence-corrected chi connectivity index (χ3v) is 5.08. The van der Waals surface area contributed by atoms with E-state index in [2.05, 4.69) is 4.99 Å². The van der Waals surface area contributed by atoms with E-state index in [4.69, 9.17) is 5.41 Å². The lowest BCUT2D eigenvalue weighted by Crippen LogP contribution is -2.39. The van der Waals surface area contributed by atoms with Crippen LogP contribution in [0.1, 0.15) is 4.88 Å². The fourth-order valence-corrected chi connectivity index (χ4v) is 3.95. The van der Waals surface area contributed by atoms with Crippen LogP contribution in [-0.2, 0) is 4.79 Å². The first kappa shape index (κ1) is 12.6. The molecule has 6 heteroatoms. The Kier molecular flexibility index (Phi) is 2.80. The smallest absolute Gasteiger partial charge is 0.283 e.